The van der Waals surface area contributed by atoms with Crippen molar-refractivity contribution >= 4 is 40.2 Å². The second kappa shape index (κ2) is 16.0. The molecule has 0 bridgehead atoms. The van der Waals surface area contributed by atoms with Crippen LogP contribution in [-0.2, 0) is 40.1 Å². The fraction of sp³-hybridized carbons (Fsp3) is 0.424. The van der Waals surface area contributed by atoms with Gasteiger partial charge < -0.3 is 20.7 Å². The predicted octanol–water partition coefficient (Wildman–Crippen LogP) is 5.95. The summed E-state index contributed by atoms with van der Waals surface area (Å²) in [7, 11) is 0. The van der Waals surface area contributed by atoms with Crippen molar-refractivity contribution < 1.29 is 19.1 Å². The molecule has 1 unspecified atom stereocenters. The van der Waals surface area contributed by atoms with Crippen LogP contribution >= 0.6 is 11.3 Å². The highest BCUT2D eigenvalue weighted by molar-refractivity contribution is 7.15. The zero-order chi connectivity index (χ0) is 32.2. The van der Waals surface area contributed by atoms with Crippen LogP contribution in [0.5, 0.6) is 0 Å². The smallest absolute Gasteiger partial charge is 0.407 e. The summed E-state index contributed by atoms with van der Waals surface area (Å²) in [6, 6.07) is 11.2. The fourth-order valence-corrected chi connectivity index (χ4v) is 5.37. The van der Waals surface area contributed by atoms with Crippen molar-refractivity contribution in [3.63, 3.8) is 0 Å². The lowest BCUT2D eigenvalue weighted by atomic mass is 9.95. The SMILES string of the molecule is CC(C(=O)Nc1ccc(CCCCc2nnc(NC(=O)Cc3cccc(CNC(=O)OC(C)(C)C)c3)s2)nn1)C1=CCCC=C1. The number of aryl methyl sites for hydroxylation is 2. The van der Waals surface area contributed by atoms with Crippen LogP contribution in [0.1, 0.15) is 75.2 Å². The number of alkyl carbamates (subject to hydrolysis) is 1. The topological polar surface area (TPSA) is 148 Å². The second-order valence-electron chi connectivity index (χ2n) is 11.9. The Balaban J connectivity index is 1.14. The normalized spacial score (nSPS) is 13.5. The first kappa shape index (κ1) is 33.4. The van der Waals surface area contributed by atoms with Gasteiger partial charge in [0.2, 0.25) is 16.9 Å². The van der Waals surface area contributed by atoms with E-state index in [0.29, 0.717) is 17.5 Å². The van der Waals surface area contributed by atoms with E-state index >= 15 is 0 Å². The van der Waals surface area contributed by atoms with Crippen molar-refractivity contribution in [2.24, 2.45) is 5.92 Å². The maximum absolute atomic E-state index is 12.6. The molecule has 45 heavy (non-hydrogen) atoms. The summed E-state index contributed by atoms with van der Waals surface area (Å²) in [5, 5.41) is 26.5. The molecule has 0 fully saturated rings. The van der Waals surface area contributed by atoms with E-state index in [9.17, 15) is 14.4 Å². The molecule has 0 aliphatic heterocycles. The third kappa shape index (κ3) is 11.5. The Morgan fingerprint density at radius 1 is 0.956 bits per heavy atom. The second-order valence-corrected chi connectivity index (χ2v) is 13.0. The quantitative estimate of drug-likeness (QED) is 0.196. The van der Waals surface area contributed by atoms with Gasteiger partial charge in [0.05, 0.1) is 18.0 Å². The number of allylic oxidation sites excluding steroid dienone is 3. The van der Waals surface area contributed by atoms with Crippen molar-refractivity contribution in [2.45, 2.75) is 84.8 Å². The number of nitrogens with zero attached hydrogens (tertiary/aromatic N) is 4. The fourth-order valence-electron chi connectivity index (χ4n) is 4.57. The highest BCUT2D eigenvalue weighted by Crippen LogP contribution is 2.21. The van der Waals surface area contributed by atoms with Crippen LogP contribution in [0.4, 0.5) is 15.7 Å². The molecule has 3 amide bonds. The third-order valence-corrected chi connectivity index (χ3v) is 7.77. The Morgan fingerprint density at radius 3 is 2.49 bits per heavy atom. The largest absolute Gasteiger partial charge is 0.444 e. The summed E-state index contributed by atoms with van der Waals surface area (Å²) in [6.07, 6.45) is 11.1. The zero-order valence-corrected chi connectivity index (χ0v) is 27.1. The Morgan fingerprint density at radius 2 is 1.76 bits per heavy atom. The molecule has 0 saturated heterocycles. The van der Waals surface area contributed by atoms with Crippen LogP contribution in [0.2, 0.25) is 0 Å². The number of ether oxygens (including phenoxy) is 1. The first-order chi connectivity index (χ1) is 21.5. The van der Waals surface area contributed by atoms with Crippen molar-refractivity contribution in [2.75, 3.05) is 10.6 Å². The van der Waals surface area contributed by atoms with E-state index in [1.165, 1.54) is 11.3 Å². The van der Waals surface area contributed by atoms with E-state index in [1.54, 1.807) is 6.07 Å². The highest BCUT2D eigenvalue weighted by atomic mass is 32.1. The zero-order valence-electron chi connectivity index (χ0n) is 26.3. The van der Waals surface area contributed by atoms with E-state index in [4.69, 9.17) is 4.74 Å². The van der Waals surface area contributed by atoms with Crippen LogP contribution in [0.3, 0.4) is 0 Å². The number of unbranched alkanes of at least 4 members (excludes halogenated alkanes) is 1. The lowest BCUT2D eigenvalue weighted by molar-refractivity contribution is -0.118. The number of rotatable bonds is 13. The summed E-state index contributed by atoms with van der Waals surface area (Å²) < 4.78 is 5.26. The number of carbonyl (C=O) groups excluding carboxylic acids is 3. The molecule has 238 valence electrons. The number of hydrogen-bond donors (Lipinski definition) is 3. The van der Waals surface area contributed by atoms with Crippen molar-refractivity contribution in [1.82, 2.24) is 25.7 Å². The summed E-state index contributed by atoms with van der Waals surface area (Å²) in [5.74, 6) is -0.0789. The maximum atomic E-state index is 12.6. The highest BCUT2D eigenvalue weighted by Gasteiger charge is 2.18. The van der Waals surface area contributed by atoms with Gasteiger partial charge in [0.1, 0.15) is 10.6 Å². The van der Waals surface area contributed by atoms with Gasteiger partial charge in [-0.3, -0.25) is 9.59 Å². The number of aromatic nitrogens is 4. The summed E-state index contributed by atoms with van der Waals surface area (Å²) in [4.78, 5) is 37.1. The molecule has 0 spiro atoms. The summed E-state index contributed by atoms with van der Waals surface area (Å²) in [5.41, 5.74) is 3.01. The summed E-state index contributed by atoms with van der Waals surface area (Å²) in [6.45, 7) is 7.62. The van der Waals surface area contributed by atoms with Gasteiger partial charge in [0.25, 0.3) is 0 Å². The maximum Gasteiger partial charge on any atom is 0.407 e. The van der Waals surface area contributed by atoms with Crippen LogP contribution in [0, 0.1) is 5.92 Å². The van der Waals surface area contributed by atoms with Crippen molar-refractivity contribution in [3.05, 3.63) is 82.0 Å². The van der Waals surface area contributed by atoms with Gasteiger partial charge in [-0.15, -0.1) is 15.3 Å². The molecule has 1 aromatic carbocycles. The standard InChI is InChI=1S/C33H41N7O4S/c1-22(25-13-6-5-7-14-25)30(42)35-27-18-17-26(37-38-27)15-8-9-16-29-39-40-31(45-29)36-28(41)20-23-11-10-12-24(19-23)21-34-32(43)44-33(2,3)4/h6,10-14,17-19,22H,5,7-9,15-16,20-21H2,1-4H3,(H,34,43)(H,35,38,42)(H,36,40,41). The number of nitrogens with one attached hydrogen (secondary N) is 3. The lowest BCUT2D eigenvalue weighted by Crippen LogP contribution is -2.32. The van der Waals surface area contributed by atoms with Crippen molar-refractivity contribution in [1.29, 1.82) is 0 Å². The number of anilines is 2. The monoisotopic (exact) mass is 631 g/mol. The van der Waals surface area contributed by atoms with Gasteiger partial charge in [0.15, 0.2) is 5.82 Å². The van der Waals surface area contributed by atoms with Gasteiger partial charge in [-0.25, -0.2) is 4.79 Å². The molecule has 11 nitrogen and oxygen atoms in total. The molecular weight excluding hydrogens is 590 g/mol. The lowest BCUT2D eigenvalue weighted by Gasteiger charge is -2.19. The van der Waals surface area contributed by atoms with Gasteiger partial charge >= 0.3 is 6.09 Å². The minimum atomic E-state index is -0.567. The van der Waals surface area contributed by atoms with Gasteiger partial charge in [-0.2, -0.15) is 5.10 Å². The average Bonchev–Trinajstić information content (AvgIpc) is 3.45. The van der Waals surface area contributed by atoms with E-state index in [2.05, 4.69) is 48.5 Å². The predicted molar refractivity (Wildman–Crippen MR) is 175 cm³/mol. The van der Waals surface area contributed by atoms with E-state index in [1.807, 2.05) is 64.1 Å². The molecule has 3 N–H and O–H groups in total. The molecule has 0 radical (unpaired) electrons. The van der Waals surface area contributed by atoms with Crippen molar-refractivity contribution in [3.8, 4) is 0 Å². The Bertz CT molecular complexity index is 1530. The van der Waals surface area contributed by atoms with Crippen LogP contribution < -0.4 is 16.0 Å². The Labute approximate surface area is 268 Å². The molecule has 12 heteroatoms. The Hall–Kier alpha value is -4.45. The van der Waals surface area contributed by atoms with Crippen LogP contribution in [0.25, 0.3) is 0 Å². The van der Waals surface area contributed by atoms with Gasteiger partial charge in [0, 0.05) is 13.0 Å². The third-order valence-electron chi connectivity index (χ3n) is 6.87. The Kier molecular flexibility index (Phi) is 11.9. The molecule has 2 aromatic heterocycles. The van der Waals surface area contributed by atoms with E-state index in [0.717, 1.165) is 65.9 Å². The first-order valence-corrected chi connectivity index (χ1v) is 16.0. The average molecular weight is 632 g/mol. The van der Waals surface area contributed by atoms with E-state index in [-0.39, 0.29) is 24.2 Å². The minimum Gasteiger partial charge on any atom is -0.444 e. The molecule has 1 aliphatic rings. The molecular formula is C33H41N7O4S. The molecule has 3 aromatic rings. The number of carbonyl (C=O) groups is 3. The number of hydrogen-bond acceptors (Lipinski definition) is 9. The number of amides is 3. The van der Waals surface area contributed by atoms with Gasteiger partial charge in [-0.05, 0) is 88.6 Å². The molecule has 0 saturated carbocycles. The minimum absolute atomic E-state index is 0.0960. The summed E-state index contributed by atoms with van der Waals surface area (Å²) >= 11 is 1.37. The molecule has 1 atom stereocenters. The molecule has 1 aliphatic carbocycles. The van der Waals surface area contributed by atoms with E-state index < -0.39 is 11.7 Å². The molecule has 4 rings (SSSR count). The molecule has 2 heterocycles. The number of benzene rings is 1. The van der Waals surface area contributed by atoms with Crippen LogP contribution in [-0.4, -0.2) is 43.9 Å². The first-order valence-electron chi connectivity index (χ1n) is 15.2. The van der Waals surface area contributed by atoms with Crippen LogP contribution in [0.15, 0.2) is 60.2 Å². The van der Waals surface area contributed by atoms with Gasteiger partial charge in [-0.1, -0.05) is 53.8 Å².